The van der Waals surface area contributed by atoms with Crippen molar-refractivity contribution < 1.29 is 28.7 Å². The van der Waals surface area contributed by atoms with E-state index in [0.29, 0.717) is 32.7 Å². The van der Waals surface area contributed by atoms with Gasteiger partial charge in [-0.15, -0.1) is 0 Å². The molecule has 3 heterocycles. The number of nitrogens with zero attached hydrogens (tertiary/aromatic N) is 3. The van der Waals surface area contributed by atoms with Crippen LogP contribution in [-0.2, 0) is 30.4 Å². The van der Waals surface area contributed by atoms with Crippen LogP contribution in [0.25, 0.3) is 0 Å². The van der Waals surface area contributed by atoms with Crippen molar-refractivity contribution in [3.63, 3.8) is 0 Å². The van der Waals surface area contributed by atoms with Gasteiger partial charge in [-0.25, -0.2) is 4.79 Å². The second-order valence-electron chi connectivity index (χ2n) is 10.9. The summed E-state index contributed by atoms with van der Waals surface area (Å²) < 4.78 is 11.4. The molecular formula is C26H36N4O6. The summed E-state index contributed by atoms with van der Waals surface area (Å²) >= 11 is 0. The fraction of sp³-hybridized carbons (Fsp3) is 0.615. The molecule has 2 fully saturated rings. The molecule has 4 amide bonds. The monoisotopic (exact) mass is 500 g/mol. The minimum absolute atomic E-state index is 0.120. The highest BCUT2D eigenvalue weighted by molar-refractivity contribution is 6.09. The summed E-state index contributed by atoms with van der Waals surface area (Å²) in [7, 11) is 3.45. The molecule has 3 aliphatic rings. The molecule has 0 saturated carbocycles. The zero-order valence-electron chi connectivity index (χ0n) is 21.7. The Morgan fingerprint density at radius 2 is 2.00 bits per heavy atom. The van der Waals surface area contributed by atoms with E-state index >= 15 is 0 Å². The van der Waals surface area contributed by atoms with Crippen molar-refractivity contribution in [3.05, 3.63) is 29.3 Å². The molecule has 4 rings (SSSR count). The summed E-state index contributed by atoms with van der Waals surface area (Å²) in [6, 6.07) is 5.84. The number of fused-ring (bicyclic) bond motifs is 1. The highest BCUT2D eigenvalue weighted by Gasteiger charge is 2.45. The van der Waals surface area contributed by atoms with Gasteiger partial charge in [0.1, 0.15) is 5.60 Å². The van der Waals surface area contributed by atoms with E-state index in [1.807, 2.05) is 39.0 Å². The number of ether oxygens (including phenoxy) is 2. The van der Waals surface area contributed by atoms with E-state index in [9.17, 15) is 19.2 Å². The van der Waals surface area contributed by atoms with Crippen molar-refractivity contribution in [2.75, 3.05) is 45.2 Å². The summed E-state index contributed by atoms with van der Waals surface area (Å²) in [5, 5.41) is 2.39. The Morgan fingerprint density at radius 1 is 1.25 bits per heavy atom. The van der Waals surface area contributed by atoms with Gasteiger partial charge in [-0.3, -0.25) is 24.6 Å². The molecule has 36 heavy (non-hydrogen) atoms. The molecule has 2 unspecified atom stereocenters. The van der Waals surface area contributed by atoms with E-state index in [4.69, 9.17) is 9.47 Å². The molecule has 3 aliphatic heterocycles. The molecule has 196 valence electrons. The van der Waals surface area contributed by atoms with Crippen molar-refractivity contribution in [3.8, 4) is 0 Å². The highest BCUT2D eigenvalue weighted by Crippen LogP contribution is 2.45. The highest BCUT2D eigenvalue weighted by atomic mass is 16.6. The van der Waals surface area contributed by atoms with Crippen LogP contribution in [0.3, 0.4) is 0 Å². The van der Waals surface area contributed by atoms with Gasteiger partial charge in [-0.05, 0) is 38.3 Å². The van der Waals surface area contributed by atoms with Crippen molar-refractivity contribution in [1.29, 1.82) is 0 Å². The second-order valence-corrected chi connectivity index (χ2v) is 10.9. The number of piperidine rings is 1. The minimum atomic E-state index is -0.585. The van der Waals surface area contributed by atoms with Crippen LogP contribution in [0.1, 0.15) is 50.7 Å². The summed E-state index contributed by atoms with van der Waals surface area (Å²) in [4.78, 5) is 55.2. The number of hydrogen-bond acceptors (Lipinski definition) is 7. The van der Waals surface area contributed by atoms with Crippen LogP contribution in [-0.4, -0.2) is 85.7 Å². The Balaban J connectivity index is 1.46. The van der Waals surface area contributed by atoms with Crippen LogP contribution in [0.4, 0.5) is 10.5 Å². The van der Waals surface area contributed by atoms with Gasteiger partial charge in [-0.2, -0.15) is 0 Å². The number of para-hydroxylation sites is 1. The van der Waals surface area contributed by atoms with Gasteiger partial charge in [0.2, 0.25) is 17.7 Å². The van der Waals surface area contributed by atoms with E-state index in [-0.39, 0.29) is 36.3 Å². The SMILES string of the molecule is CN(C[C@@H]1CN(Cc2cccc3c2N(C)C(=O)C3C2CCC(=O)NC2=O)CCO1)C(=O)OC(C)(C)C. The predicted molar refractivity (Wildman–Crippen MR) is 132 cm³/mol. The Bertz CT molecular complexity index is 1050. The van der Waals surface area contributed by atoms with Crippen LogP contribution in [0.2, 0.25) is 0 Å². The van der Waals surface area contributed by atoms with Gasteiger partial charge in [0.15, 0.2) is 0 Å². The van der Waals surface area contributed by atoms with Crippen molar-refractivity contribution in [2.45, 2.75) is 57.8 Å². The molecule has 1 N–H and O–H groups in total. The summed E-state index contributed by atoms with van der Waals surface area (Å²) in [5.41, 5.74) is 2.11. The third-order valence-corrected chi connectivity index (χ3v) is 6.90. The molecule has 0 spiro atoms. The van der Waals surface area contributed by atoms with E-state index in [0.717, 1.165) is 23.4 Å². The largest absolute Gasteiger partial charge is 0.444 e. The van der Waals surface area contributed by atoms with Gasteiger partial charge in [-0.1, -0.05) is 18.2 Å². The first kappa shape index (κ1) is 26.1. The lowest BCUT2D eigenvalue weighted by Gasteiger charge is -2.35. The molecular weight excluding hydrogens is 464 g/mol. The summed E-state index contributed by atoms with van der Waals surface area (Å²) in [5.74, 6) is -1.92. The number of amides is 4. The number of rotatable bonds is 5. The van der Waals surface area contributed by atoms with Gasteiger partial charge >= 0.3 is 6.09 Å². The summed E-state index contributed by atoms with van der Waals surface area (Å²) in [6.07, 6.45) is 0.0631. The standard InChI is InChI=1S/C26H36N4O6/c1-26(2,3)36-25(34)28(4)14-17-15-30(11-12-35-17)13-16-7-6-8-18-21(24(33)29(5)22(16)18)19-9-10-20(31)27-23(19)32/h6-8,17,19,21H,9-15H2,1-5H3,(H,27,31,32)/t17-,19?,21?/m1/s1. The first-order chi connectivity index (χ1) is 16.9. The van der Waals surface area contributed by atoms with Gasteiger partial charge in [0.05, 0.1) is 36.8 Å². The molecule has 1 aromatic carbocycles. The Labute approximate surface area is 211 Å². The average Bonchev–Trinajstić information content (AvgIpc) is 3.04. The lowest BCUT2D eigenvalue weighted by molar-refractivity contribution is -0.139. The molecule has 10 nitrogen and oxygen atoms in total. The van der Waals surface area contributed by atoms with Crippen LogP contribution in [0.15, 0.2) is 18.2 Å². The Hall–Kier alpha value is -2.98. The number of benzene rings is 1. The van der Waals surface area contributed by atoms with Crippen molar-refractivity contribution >= 4 is 29.5 Å². The maximum absolute atomic E-state index is 13.2. The fourth-order valence-electron chi connectivity index (χ4n) is 5.26. The number of nitrogens with one attached hydrogen (secondary N) is 1. The minimum Gasteiger partial charge on any atom is -0.444 e. The zero-order valence-corrected chi connectivity index (χ0v) is 21.7. The van der Waals surface area contributed by atoms with Crippen molar-refractivity contribution in [2.24, 2.45) is 5.92 Å². The van der Waals surface area contributed by atoms with Crippen LogP contribution >= 0.6 is 0 Å². The normalized spacial score (nSPS) is 25.0. The molecule has 0 bridgehead atoms. The Kier molecular flexibility index (Phi) is 7.38. The van der Waals surface area contributed by atoms with Crippen LogP contribution in [0, 0.1) is 5.92 Å². The molecule has 3 atom stereocenters. The first-order valence-corrected chi connectivity index (χ1v) is 12.5. The van der Waals surface area contributed by atoms with E-state index in [2.05, 4.69) is 10.2 Å². The third kappa shape index (κ3) is 5.54. The number of morpholine rings is 1. The molecule has 10 heteroatoms. The number of anilines is 1. The third-order valence-electron chi connectivity index (χ3n) is 6.90. The number of carbonyl (C=O) groups excluding carboxylic acids is 4. The zero-order chi connectivity index (χ0) is 26.2. The lowest BCUT2D eigenvalue weighted by atomic mass is 9.81. The van der Waals surface area contributed by atoms with E-state index in [1.54, 1.807) is 19.0 Å². The van der Waals surface area contributed by atoms with E-state index in [1.165, 1.54) is 4.90 Å². The summed E-state index contributed by atoms with van der Waals surface area (Å²) in [6.45, 7) is 8.42. The fourth-order valence-corrected chi connectivity index (χ4v) is 5.26. The number of carbonyl (C=O) groups is 4. The van der Waals surface area contributed by atoms with Crippen LogP contribution < -0.4 is 10.2 Å². The number of imide groups is 1. The smallest absolute Gasteiger partial charge is 0.410 e. The Morgan fingerprint density at radius 3 is 2.69 bits per heavy atom. The lowest BCUT2D eigenvalue weighted by Crippen LogP contribution is -2.48. The van der Waals surface area contributed by atoms with Crippen LogP contribution in [0.5, 0.6) is 0 Å². The quantitative estimate of drug-likeness (QED) is 0.615. The molecule has 0 radical (unpaired) electrons. The molecule has 2 saturated heterocycles. The van der Waals surface area contributed by atoms with Gasteiger partial charge in [0.25, 0.3) is 0 Å². The predicted octanol–water partition coefficient (Wildman–Crippen LogP) is 1.87. The maximum Gasteiger partial charge on any atom is 0.410 e. The molecule has 1 aromatic rings. The molecule has 0 aromatic heterocycles. The van der Waals surface area contributed by atoms with E-state index < -0.39 is 17.4 Å². The topological polar surface area (TPSA) is 108 Å². The van der Waals surface area contributed by atoms with Crippen molar-refractivity contribution in [1.82, 2.24) is 15.1 Å². The first-order valence-electron chi connectivity index (χ1n) is 12.5. The average molecular weight is 501 g/mol. The maximum atomic E-state index is 13.2. The molecule has 0 aliphatic carbocycles. The van der Waals surface area contributed by atoms with Gasteiger partial charge < -0.3 is 19.3 Å². The number of hydrogen-bond donors (Lipinski definition) is 1. The number of likely N-dealkylation sites (N-methyl/N-ethyl adjacent to an activating group) is 2. The van der Waals surface area contributed by atoms with Gasteiger partial charge in [0, 0.05) is 40.2 Å². The second kappa shape index (κ2) is 10.2.